The molecule has 1 aliphatic rings. The molecule has 0 radical (unpaired) electrons. The van der Waals surface area contributed by atoms with E-state index in [-0.39, 0.29) is 36.2 Å². The summed E-state index contributed by atoms with van der Waals surface area (Å²) < 4.78 is 4.51. The van der Waals surface area contributed by atoms with Crippen molar-refractivity contribution in [1.29, 1.82) is 0 Å². The van der Waals surface area contributed by atoms with E-state index in [0.29, 0.717) is 0 Å². The van der Waals surface area contributed by atoms with E-state index in [9.17, 15) is 9.90 Å². The fourth-order valence-corrected chi connectivity index (χ4v) is 1.01. The first-order valence-electron chi connectivity index (χ1n) is 3.40. The number of hydrogen-bond acceptors (Lipinski definition) is 6. The van der Waals surface area contributed by atoms with Gasteiger partial charge in [0, 0.05) is 0 Å². The van der Waals surface area contributed by atoms with Crippen molar-refractivity contribution in [2.75, 3.05) is 6.61 Å². The Labute approximate surface area is 96.4 Å². The van der Waals surface area contributed by atoms with E-state index in [4.69, 9.17) is 15.3 Å². The van der Waals surface area contributed by atoms with E-state index < -0.39 is 30.4 Å². The minimum absolute atomic E-state index is 0. The number of carboxylic acids is 1. The van der Waals surface area contributed by atoms with E-state index >= 15 is 0 Å². The Kier molecular flexibility index (Phi) is 5.38. The molecule has 0 saturated carbocycles. The molecule has 0 spiro atoms. The maximum atomic E-state index is 10.2. The molecule has 0 aromatic heterocycles. The molecular formula is C6H9NaO6. The van der Waals surface area contributed by atoms with Crippen LogP contribution in [0.5, 0.6) is 0 Å². The number of carbonyl (C=O) groups excluding carboxylic acids is 1. The number of aliphatic hydroxyl groups is 3. The summed E-state index contributed by atoms with van der Waals surface area (Å²) in [6.45, 7) is -0.323. The molecule has 1 aliphatic heterocycles. The molecule has 0 bridgehead atoms. The van der Waals surface area contributed by atoms with E-state index in [1.807, 2.05) is 0 Å². The van der Waals surface area contributed by atoms with Gasteiger partial charge in [0.2, 0.25) is 0 Å². The van der Waals surface area contributed by atoms with Gasteiger partial charge in [-0.25, -0.2) is 0 Å². The van der Waals surface area contributed by atoms with Crippen molar-refractivity contribution in [2.24, 2.45) is 0 Å². The maximum Gasteiger partial charge on any atom is 1.00 e. The SMILES string of the molecule is O=C([O-])C1OCC(O)C(O)C1O.[Na+]. The largest absolute Gasteiger partial charge is 1.00 e. The van der Waals surface area contributed by atoms with Crippen molar-refractivity contribution < 1.29 is 59.5 Å². The van der Waals surface area contributed by atoms with Gasteiger partial charge in [-0.1, -0.05) is 0 Å². The summed E-state index contributed by atoms with van der Waals surface area (Å²) in [5.74, 6) is -1.60. The second-order valence-electron chi connectivity index (χ2n) is 2.62. The summed E-state index contributed by atoms with van der Waals surface area (Å²) in [5.41, 5.74) is 0. The first kappa shape index (κ1) is 13.3. The van der Waals surface area contributed by atoms with Crippen LogP contribution in [-0.4, -0.2) is 52.3 Å². The van der Waals surface area contributed by atoms with Crippen LogP contribution in [0.4, 0.5) is 0 Å². The molecule has 0 aromatic rings. The van der Waals surface area contributed by atoms with Crippen molar-refractivity contribution in [2.45, 2.75) is 24.4 Å². The van der Waals surface area contributed by atoms with Gasteiger partial charge in [-0.3, -0.25) is 0 Å². The maximum absolute atomic E-state index is 10.2. The molecule has 0 amide bonds. The van der Waals surface area contributed by atoms with Crippen LogP contribution < -0.4 is 34.7 Å². The number of aliphatic hydroxyl groups excluding tert-OH is 3. The standard InChI is InChI=1S/C6H10O6.Na/c7-2-1-12-5(6(10)11)4(9)3(2)8;/h2-5,7-9H,1H2,(H,10,11);/q;+1/p-1. The van der Waals surface area contributed by atoms with Gasteiger partial charge in [0.25, 0.3) is 0 Å². The quantitative estimate of drug-likeness (QED) is 0.363. The van der Waals surface area contributed by atoms with E-state index in [0.717, 1.165) is 0 Å². The predicted octanol–water partition coefficient (Wildman–Crippen LogP) is -6.78. The molecule has 1 rings (SSSR count). The van der Waals surface area contributed by atoms with Crippen molar-refractivity contribution >= 4 is 5.97 Å². The van der Waals surface area contributed by atoms with E-state index in [2.05, 4.69) is 4.74 Å². The summed E-state index contributed by atoms with van der Waals surface area (Å²) in [4.78, 5) is 10.2. The van der Waals surface area contributed by atoms with Crippen LogP contribution in [0.2, 0.25) is 0 Å². The Balaban J connectivity index is 0.00000144. The summed E-state index contributed by atoms with van der Waals surface area (Å²) >= 11 is 0. The number of aliphatic carboxylic acids is 1. The molecule has 0 aliphatic carbocycles. The van der Waals surface area contributed by atoms with Gasteiger partial charge in [0.1, 0.15) is 24.4 Å². The molecule has 1 heterocycles. The van der Waals surface area contributed by atoms with Gasteiger partial charge in [-0.05, 0) is 0 Å². The minimum atomic E-state index is -1.64. The van der Waals surface area contributed by atoms with Crippen LogP contribution in [0.1, 0.15) is 0 Å². The third-order valence-electron chi connectivity index (χ3n) is 1.73. The Morgan fingerprint density at radius 1 is 1.31 bits per heavy atom. The summed E-state index contributed by atoms with van der Waals surface area (Å²) in [6, 6.07) is 0. The summed E-state index contributed by atoms with van der Waals surface area (Å²) in [5, 5.41) is 37.1. The molecule has 1 fully saturated rings. The first-order valence-corrected chi connectivity index (χ1v) is 3.40. The smallest absolute Gasteiger partial charge is 0.547 e. The minimum Gasteiger partial charge on any atom is -0.547 e. The van der Waals surface area contributed by atoms with Gasteiger partial charge in [0.05, 0.1) is 12.6 Å². The molecule has 70 valence electrons. The molecular weight excluding hydrogens is 191 g/mol. The van der Waals surface area contributed by atoms with Crippen molar-refractivity contribution in [3.05, 3.63) is 0 Å². The van der Waals surface area contributed by atoms with Gasteiger partial charge in [-0.15, -0.1) is 0 Å². The molecule has 7 heteroatoms. The zero-order valence-corrected chi connectivity index (χ0v) is 9.08. The zero-order valence-electron chi connectivity index (χ0n) is 7.08. The molecule has 4 atom stereocenters. The monoisotopic (exact) mass is 200 g/mol. The van der Waals surface area contributed by atoms with E-state index in [1.54, 1.807) is 0 Å². The van der Waals surface area contributed by atoms with Crippen LogP contribution >= 0.6 is 0 Å². The number of hydrogen-bond donors (Lipinski definition) is 3. The van der Waals surface area contributed by atoms with Gasteiger partial charge >= 0.3 is 29.6 Å². The molecule has 4 unspecified atom stereocenters. The Morgan fingerprint density at radius 2 is 1.85 bits per heavy atom. The molecule has 6 nitrogen and oxygen atoms in total. The molecule has 0 aromatic carbocycles. The zero-order chi connectivity index (χ0) is 9.30. The van der Waals surface area contributed by atoms with Gasteiger partial charge in [0.15, 0.2) is 0 Å². The average Bonchev–Trinajstić information content (AvgIpc) is 2.00. The number of rotatable bonds is 1. The van der Waals surface area contributed by atoms with Crippen molar-refractivity contribution in [1.82, 2.24) is 0 Å². The molecule has 13 heavy (non-hydrogen) atoms. The normalized spacial score (nSPS) is 39.3. The molecule has 1 saturated heterocycles. The second-order valence-corrected chi connectivity index (χ2v) is 2.62. The van der Waals surface area contributed by atoms with E-state index in [1.165, 1.54) is 0 Å². The number of carbonyl (C=O) groups is 1. The predicted molar refractivity (Wildman–Crippen MR) is 32.8 cm³/mol. The Bertz CT molecular complexity index is 186. The molecule has 3 N–H and O–H groups in total. The number of ether oxygens (including phenoxy) is 1. The second kappa shape index (κ2) is 5.26. The van der Waals surface area contributed by atoms with Crippen LogP contribution in [0.15, 0.2) is 0 Å². The fourth-order valence-electron chi connectivity index (χ4n) is 1.01. The Hall–Kier alpha value is 0.310. The fraction of sp³-hybridized carbons (Fsp3) is 0.833. The number of carboxylic acid groups (broad SMARTS) is 1. The van der Waals surface area contributed by atoms with Crippen LogP contribution in [0, 0.1) is 0 Å². The van der Waals surface area contributed by atoms with Crippen molar-refractivity contribution in [3.63, 3.8) is 0 Å². The van der Waals surface area contributed by atoms with Crippen LogP contribution in [0.25, 0.3) is 0 Å². The first-order chi connectivity index (χ1) is 5.54. The Morgan fingerprint density at radius 3 is 2.31 bits per heavy atom. The van der Waals surface area contributed by atoms with Crippen LogP contribution in [-0.2, 0) is 9.53 Å². The van der Waals surface area contributed by atoms with Gasteiger partial charge < -0.3 is 30.0 Å². The third kappa shape index (κ3) is 2.88. The topological polar surface area (TPSA) is 110 Å². The average molecular weight is 200 g/mol. The summed E-state index contributed by atoms with van der Waals surface area (Å²) in [6.07, 6.45) is -5.96. The van der Waals surface area contributed by atoms with Crippen molar-refractivity contribution in [3.8, 4) is 0 Å². The third-order valence-corrected chi connectivity index (χ3v) is 1.73. The van der Waals surface area contributed by atoms with Crippen LogP contribution in [0.3, 0.4) is 0 Å². The summed E-state index contributed by atoms with van der Waals surface area (Å²) in [7, 11) is 0. The van der Waals surface area contributed by atoms with Gasteiger partial charge in [-0.2, -0.15) is 0 Å².